The molecule has 0 unspecified atom stereocenters. The molecule has 0 atom stereocenters. The molecule has 4 aromatic carbocycles. The zero-order valence-electron chi connectivity index (χ0n) is 19.0. The van der Waals surface area contributed by atoms with E-state index in [4.69, 9.17) is 6.57 Å². The Bertz CT molecular complexity index is 1460. The van der Waals surface area contributed by atoms with Crippen LogP contribution in [0.3, 0.4) is 0 Å². The van der Waals surface area contributed by atoms with Gasteiger partial charge in [-0.15, -0.1) is 0 Å². The molecule has 166 valence electrons. The Labute approximate surface area is 206 Å². The Kier molecular flexibility index (Phi) is 6.19. The van der Waals surface area contributed by atoms with Crippen LogP contribution in [0.15, 0.2) is 144 Å². The molecule has 35 heavy (non-hydrogen) atoms. The van der Waals surface area contributed by atoms with E-state index < -0.39 is 6.89 Å². The summed E-state index contributed by atoms with van der Waals surface area (Å²) in [6, 6.07) is 42.7. The number of rotatable bonds is 5. The molecule has 4 aromatic rings. The van der Waals surface area contributed by atoms with Gasteiger partial charge >= 0.3 is 0 Å². The molecule has 0 saturated carbocycles. The van der Waals surface area contributed by atoms with Gasteiger partial charge in [0.1, 0.15) is 0 Å². The summed E-state index contributed by atoms with van der Waals surface area (Å²) < 4.78 is 0. The van der Waals surface area contributed by atoms with Crippen LogP contribution in [0.5, 0.6) is 0 Å². The highest BCUT2D eigenvalue weighted by Gasteiger charge is 2.35. The number of allylic oxidation sites excluding steroid dienone is 2. The minimum absolute atomic E-state index is 0.598. The van der Waals surface area contributed by atoms with Gasteiger partial charge in [-0.25, -0.2) is 4.85 Å². The first-order valence-electron chi connectivity index (χ1n) is 11.3. The molecule has 0 aromatic heterocycles. The lowest BCUT2D eigenvalue weighted by molar-refractivity contribution is 1.21. The summed E-state index contributed by atoms with van der Waals surface area (Å²) in [5.41, 5.74) is 3.33. The predicted octanol–water partition coefficient (Wildman–Crippen LogP) is 6.85. The van der Waals surface area contributed by atoms with Crippen molar-refractivity contribution in [2.75, 3.05) is 4.90 Å². The van der Waals surface area contributed by atoms with Crippen molar-refractivity contribution in [3.05, 3.63) is 156 Å². The minimum Gasteiger partial charge on any atom is -0.312 e. The van der Waals surface area contributed by atoms with Crippen LogP contribution in [-0.2, 0) is 0 Å². The number of anilines is 2. The maximum Gasteiger partial charge on any atom is 0.197 e. The van der Waals surface area contributed by atoms with Crippen molar-refractivity contribution >= 4 is 34.3 Å². The van der Waals surface area contributed by atoms with Gasteiger partial charge in [-0.2, -0.15) is 5.26 Å². The normalized spacial score (nSPS) is 14.2. The van der Waals surface area contributed by atoms with E-state index in [9.17, 15) is 5.26 Å². The molecule has 5 rings (SSSR count). The molecule has 0 amide bonds. The van der Waals surface area contributed by atoms with E-state index in [1.807, 2.05) is 133 Å². The maximum absolute atomic E-state index is 10.6. The summed E-state index contributed by atoms with van der Waals surface area (Å²) in [5.74, 6) is 0. The molecule has 0 fully saturated rings. The standard InChI is InChI=1S/C31H22N3P/c1-33-31-23-27(34(25-14-6-2-7-15-25)26-16-8-3-9-17-26)22-30(24-32)35(31,28-18-10-4-11-19-28)29-20-12-5-13-21-29/h2-23H. The fraction of sp³-hybridized carbons (Fsp3) is 0. The highest BCUT2D eigenvalue weighted by Crippen LogP contribution is 2.57. The molecule has 0 saturated heterocycles. The minimum atomic E-state index is -2.62. The first kappa shape index (κ1) is 22.2. The van der Waals surface area contributed by atoms with Crippen LogP contribution < -0.4 is 15.5 Å². The monoisotopic (exact) mass is 467 g/mol. The number of para-hydroxylation sites is 2. The van der Waals surface area contributed by atoms with Crippen LogP contribution in [0.4, 0.5) is 11.4 Å². The van der Waals surface area contributed by atoms with Crippen LogP contribution in [0.1, 0.15) is 0 Å². The van der Waals surface area contributed by atoms with E-state index in [0.717, 1.165) is 27.7 Å². The third kappa shape index (κ3) is 3.89. The lowest BCUT2D eigenvalue weighted by Crippen LogP contribution is -2.26. The number of hydrogen-bond donors (Lipinski definition) is 0. The molecule has 0 bridgehead atoms. The third-order valence-corrected chi connectivity index (χ3v) is 10.1. The van der Waals surface area contributed by atoms with Crippen molar-refractivity contribution in [3.8, 4) is 6.07 Å². The zero-order chi connectivity index (χ0) is 24.1. The molecule has 1 aliphatic heterocycles. The quantitative estimate of drug-likeness (QED) is 0.238. The Morgan fingerprint density at radius 1 is 0.629 bits per heavy atom. The van der Waals surface area contributed by atoms with Crippen molar-refractivity contribution in [1.82, 2.24) is 0 Å². The van der Waals surface area contributed by atoms with Crippen LogP contribution in [0, 0.1) is 17.9 Å². The molecule has 0 radical (unpaired) electrons. The molecular formula is C31H22N3P. The molecule has 0 aliphatic carbocycles. The first-order valence-corrected chi connectivity index (χ1v) is 13.1. The van der Waals surface area contributed by atoms with Gasteiger partial charge in [-0.1, -0.05) is 97.1 Å². The van der Waals surface area contributed by atoms with Gasteiger partial charge in [0.25, 0.3) is 0 Å². The first-order chi connectivity index (χ1) is 17.3. The second kappa shape index (κ2) is 9.74. The Morgan fingerprint density at radius 2 is 1.06 bits per heavy atom. The van der Waals surface area contributed by atoms with E-state index >= 15 is 0 Å². The van der Waals surface area contributed by atoms with Gasteiger partial charge in [0.2, 0.25) is 0 Å². The van der Waals surface area contributed by atoms with Crippen LogP contribution in [0.25, 0.3) is 4.85 Å². The van der Waals surface area contributed by atoms with Crippen LogP contribution in [-0.4, -0.2) is 5.42 Å². The number of benzene rings is 4. The lowest BCUT2D eigenvalue weighted by Gasteiger charge is -2.34. The molecular weight excluding hydrogens is 445 g/mol. The molecule has 0 N–H and O–H groups in total. The second-order valence-electron chi connectivity index (χ2n) is 8.03. The van der Waals surface area contributed by atoms with Crippen molar-refractivity contribution in [2.24, 2.45) is 0 Å². The lowest BCUT2D eigenvalue weighted by atomic mass is 10.2. The predicted molar refractivity (Wildman–Crippen MR) is 147 cm³/mol. The number of nitrogens with zero attached hydrogens (tertiary/aromatic N) is 3. The average Bonchev–Trinajstić information content (AvgIpc) is 2.94. The maximum atomic E-state index is 10.6. The van der Waals surface area contributed by atoms with E-state index in [2.05, 4.69) is 15.8 Å². The van der Waals surface area contributed by atoms with E-state index in [-0.39, 0.29) is 0 Å². The van der Waals surface area contributed by atoms with Gasteiger partial charge in [-0.3, -0.25) is 0 Å². The highest BCUT2D eigenvalue weighted by atomic mass is 31.2. The van der Waals surface area contributed by atoms with Gasteiger partial charge < -0.3 is 4.90 Å². The Balaban J connectivity index is 1.86. The Morgan fingerprint density at radius 3 is 1.46 bits per heavy atom. The fourth-order valence-corrected chi connectivity index (χ4v) is 8.39. The van der Waals surface area contributed by atoms with E-state index in [1.165, 1.54) is 0 Å². The van der Waals surface area contributed by atoms with Crippen LogP contribution >= 0.6 is 6.89 Å². The largest absolute Gasteiger partial charge is 0.312 e. The van der Waals surface area contributed by atoms with E-state index in [1.54, 1.807) is 0 Å². The third-order valence-electron chi connectivity index (χ3n) is 6.07. The summed E-state index contributed by atoms with van der Waals surface area (Å²) in [4.78, 5) is 6.20. The summed E-state index contributed by atoms with van der Waals surface area (Å²) in [6.45, 7) is 5.66. The molecule has 4 heteroatoms. The van der Waals surface area contributed by atoms with Crippen molar-refractivity contribution in [3.63, 3.8) is 0 Å². The zero-order valence-corrected chi connectivity index (χ0v) is 19.9. The SMILES string of the molecule is [C-]#[N+]C1=P(c2ccccc2)(c2ccccc2)C(C#N)=CC(N(c2ccccc2)c2ccccc2)=C1. The van der Waals surface area contributed by atoms with Gasteiger partial charge in [0.15, 0.2) is 5.42 Å². The van der Waals surface area contributed by atoms with Crippen molar-refractivity contribution < 1.29 is 0 Å². The molecule has 3 nitrogen and oxygen atoms in total. The van der Waals surface area contributed by atoms with E-state index in [0.29, 0.717) is 10.7 Å². The average molecular weight is 468 g/mol. The van der Waals surface area contributed by atoms with Gasteiger partial charge in [0, 0.05) is 24.0 Å². The summed E-state index contributed by atoms with van der Waals surface area (Å²) in [7, 11) is 0. The molecule has 0 spiro atoms. The number of nitriles is 1. The van der Waals surface area contributed by atoms with Crippen LogP contribution in [0.2, 0.25) is 0 Å². The fourth-order valence-electron chi connectivity index (χ4n) is 4.57. The highest BCUT2D eigenvalue weighted by molar-refractivity contribution is 7.93. The van der Waals surface area contributed by atoms with Crippen molar-refractivity contribution in [1.29, 1.82) is 5.26 Å². The summed E-state index contributed by atoms with van der Waals surface area (Å²) >= 11 is 0. The topological polar surface area (TPSA) is 31.4 Å². The van der Waals surface area contributed by atoms with Crippen molar-refractivity contribution in [2.45, 2.75) is 0 Å². The summed E-state index contributed by atoms with van der Waals surface area (Å²) in [6.07, 6.45) is 3.95. The molecule has 1 aliphatic rings. The smallest absolute Gasteiger partial charge is 0.197 e. The second-order valence-corrected chi connectivity index (χ2v) is 11.3. The Hall–Kier alpha value is -4.56. The number of hydrogen-bond acceptors (Lipinski definition) is 2. The van der Waals surface area contributed by atoms with Gasteiger partial charge in [0.05, 0.1) is 18.0 Å². The van der Waals surface area contributed by atoms with Gasteiger partial charge in [-0.05, 0) is 47.0 Å². The molecule has 1 heterocycles. The summed E-state index contributed by atoms with van der Waals surface area (Å²) in [5, 5.41) is 13.2.